The molecule has 0 bridgehead atoms. The number of phenols is 1. The Morgan fingerprint density at radius 1 is 1.07 bits per heavy atom. The van der Waals surface area contributed by atoms with Crippen LogP contribution >= 0.6 is 23.1 Å². The number of ketones is 1. The lowest BCUT2D eigenvalue weighted by Gasteiger charge is -2.23. The smallest absolute Gasteiger partial charge is 0.301 e. The first-order valence-electron chi connectivity index (χ1n) is 12.7. The molecule has 1 saturated heterocycles. The Hall–Kier alpha value is -4.22. The molecular formula is C30H26FN3O5S2. The van der Waals surface area contributed by atoms with Gasteiger partial charge in [-0.05, 0) is 67.8 Å². The van der Waals surface area contributed by atoms with Gasteiger partial charge in [0.1, 0.15) is 11.6 Å². The van der Waals surface area contributed by atoms with Gasteiger partial charge in [-0.2, -0.15) is 0 Å². The topological polar surface area (TPSA) is 113 Å². The van der Waals surface area contributed by atoms with Crippen molar-refractivity contribution in [2.75, 3.05) is 11.5 Å². The van der Waals surface area contributed by atoms with Crippen molar-refractivity contribution >= 4 is 45.7 Å². The van der Waals surface area contributed by atoms with Crippen LogP contribution in [0.3, 0.4) is 0 Å². The maximum absolute atomic E-state index is 13.5. The minimum absolute atomic E-state index is 0.0996. The van der Waals surface area contributed by atoms with Crippen LogP contribution in [0.4, 0.5) is 9.52 Å². The zero-order valence-electron chi connectivity index (χ0n) is 22.4. The molecule has 0 aliphatic carbocycles. The zero-order valence-corrected chi connectivity index (χ0v) is 24.1. The van der Waals surface area contributed by atoms with Gasteiger partial charge in [-0.1, -0.05) is 59.0 Å². The highest BCUT2D eigenvalue weighted by Gasteiger charge is 2.48. The molecule has 0 spiro atoms. The Morgan fingerprint density at radius 2 is 1.83 bits per heavy atom. The lowest BCUT2D eigenvalue weighted by atomic mass is 9.93. The van der Waals surface area contributed by atoms with Gasteiger partial charge in [0.25, 0.3) is 5.78 Å². The van der Waals surface area contributed by atoms with E-state index in [1.54, 1.807) is 37.3 Å². The number of Topliss-reactive ketones (excluding diaryl/α,β-unsaturated/α-hetero) is 1. The number of phenolic OH excluding ortho intramolecular Hbond substituents is 1. The van der Waals surface area contributed by atoms with Crippen LogP contribution in [0.5, 0.6) is 11.5 Å². The standard InChI is InChI=1S/C30H26FN3O5S2/c1-4-39-23-14-19(9-12-22(23)35)25-24(26(36)21-13-16(2)5-6-17(21)3)27(37)28(38)34(25)29-32-33-30(41-29)40-15-18-7-10-20(31)11-8-18/h5-14,25,35-36H,4,15H2,1-3H3. The van der Waals surface area contributed by atoms with E-state index < -0.39 is 17.7 Å². The second-order valence-electron chi connectivity index (χ2n) is 9.41. The van der Waals surface area contributed by atoms with Crippen LogP contribution in [-0.2, 0) is 15.3 Å². The normalized spacial score (nSPS) is 16.4. The molecule has 2 N–H and O–H groups in total. The minimum Gasteiger partial charge on any atom is -0.507 e. The number of aliphatic hydroxyl groups is 1. The molecule has 1 aliphatic rings. The predicted molar refractivity (Wildman–Crippen MR) is 156 cm³/mol. The second-order valence-corrected chi connectivity index (χ2v) is 11.6. The predicted octanol–water partition coefficient (Wildman–Crippen LogP) is 6.32. The first-order chi connectivity index (χ1) is 19.7. The second kappa shape index (κ2) is 11.7. The minimum atomic E-state index is -1.06. The third-order valence-electron chi connectivity index (χ3n) is 6.57. The SMILES string of the molecule is CCOc1cc(C2C(=C(O)c3cc(C)ccc3C)C(=O)C(=O)N2c2nnc(SCc3ccc(F)cc3)s2)ccc1O. The summed E-state index contributed by atoms with van der Waals surface area (Å²) < 4.78 is 19.4. The summed E-state index contributed by atoms with van der Waals surface area (Å²) in [5.41, 5.74) is 3.26. The van der Waals surface area contributed by atoms with Gasteiger partial charge in [-0.25, -0.2) is 4.39 Å². The van der Waals surface area contributed by atoms with E-state index in [0.29, 0.717) is 21.2 Å². The Morgan fingerprint density at radius 3 is 2.56 bits per heavy atom. The lowest BCUT2D eigenvalue weighted by Crippen LogP contribution is -2.29. The van der Waals surface area contributed by atoms with Gasteiger partial charge < -0.3 is 14.9 Å². The summed E-state index contributed by atoms with van der Waals surface area (Å²) >= 11 is 2.49. The number of amides is 1. The maximum Gasteiger partial charge on any atom is 0.301 e. The van der Waals surface area contributed by atoms with Crippen molar-refractivity contribution in [2.45, 2.75) is 36.9 Å². The van der Waals surface area contributed by atoms with Crippen molar-refractivity contribution in [2.24, 2.45) is 0 Å². The van der Waals surface area contributed by atoms with Crippen molar-refractivity contribution in [3.63, 3.8) is 0 Å². The number of benzene rings is 3. The molecule has 210 valence electrons. The number of hydrogen-bond donors (Lipinski definition) is 2. The molecule has 4 aromatic rings. The largest absolute Gasteiger partial charge is 0.507 e. The van der Waals surface area contributed by atoms with E-state index in [1.807, 2.05) is 26.0 Å². The Bertz CT molecular complexity index is 1670. The molecule has 1 amide bonds. The monoisotopic (exact) mass is 591 g/mol. The number of thioether (sulfide) groups is 1. The molecule has 11 heteroatoms. The number of aromatic hydroxyl groups is 1. The Labute approximate surface area is 244 Å². The number of carbonyl (C=O) groups excluding carboxylic acids is 2. The third-order valence-corrected chi connectivity index (χ3v) is 8.70. The van der Waals surface area contributed by atoms with Crippen LogP contribution in [0.2, 0.25) is 0 Å². The average Bonchev–Trinajstić information content (AvgIpc) is 3.52. The third kappa shape index (κ3) is 5.68. The first-order valence-corrected chi connectivity index (χ1v) is 14.5. The van der Waals surface area contributed by atoms with Gasteiger partial charge in [0.2, 0.25) is 5.13 Å². The Kier molecular flexibility index (Phi) is 8.09. The van der Waals surface area contributed by atoms with E-state index in [0.717, 1.165) is 28.0 Å². The quantitative estimate of drug-likeness (QED) is 0.0805. The number of rotatable bonds is 8. The molecule has 0 radical (unpaired) electrons. The summed E-state index contributed by atoms with van der Waals surface area (Å²) in [6.07, 6.45) is 0. The van der Waals surface area contributed by atoms with Crippen LogP contribution < -0.4 is 9.64 Å². The van der Waals surface area contributed by atoms with Crippen LogP contribution in [-0.4, -0.2) is 38.7 Å². The number of anilines is 1. The molecule has 1 atom stereocenters. The number of aliphatic hydroxyl groups excluding tert-OH is 1. The van der Waals surface area contributed by atoms with Crippen LogP contribution in [0.15, 0.2) is 70.6 Å². The van der Waals surface area contributed by atoms with Crippen LogP contribution in [0.1, 0.15) is 40.8 Å². The van der Waals surface area contributed by atoms with Gasteiger partial charge >= 0.3 is 5.91 Å². The van der Waals surface area contributed by atoms with Gasteiger partial charge in [0.15, 0.2) is 15.8 Å². The first kappa shape index (κ1) is 28.3. The highest BCUT2D eigenvalue weighted by molar-refractivity contribution is 8.00. The summed E-state index contributed by atoms with van der Waals surface area (Å²) in [7, 11) is 0. The molecule has 8 nitrogen and oxygen atoms in total. The van der Waals surface area contributed by atoms with E-state index in [4.69, 9.17) is 4.74 Å². The van der Waals surface area contributed by atoms with E-state index in [-0.39, 0.29) is 40.4 Å². The summed E-state index contributed by atoms with van der Waals surface area (Å²) in [4.78, 5) is 28.3. The van der Waals surface area contributed by atoms with Gasteiger partial charge in [-0.15, -0.1) is 10.2 Å². The van der Waals surface area contributed by atoms with Crippen LogP contribution in [0.25, 0.3) is 5.76 Å². The number of carbonyl (C=O) groups is 2. The number of hydrogen-bond acceptors (Lipinski definition) is 9. The molecule has 1 aliphatic heterocycles. The van der Waals surface area contributed by atoms with Crippen molar-refractivity contribution < 1.29 is 28.9 Å². The molecule has 0 saturated carbocycles. The number of ether oxygens (including phenoxy) is 1. The van der Waals surface area contributed by atoms with Gasteiger partial charge in [0, 0.05) is 11.3 Å². The molecule has 5 rings (SSSR count). The fourth-order valence-corrected chi connectivity index (χ4v) is 6.36. The van der Waals surface area contributed by atoms with Gasteiger partial charge in [0.05, 0.1) is 18.2 Å². The van der Waals surface area contributed by atoms with Crippen molar-refractivity contribution in [3.8, 4) is 11.5 Å². The number of aryl methyl sites for hydroxylation is 2. The fraction of sp³-hybridized carbons (Fsp3) is 0.200. The lowest BCUT2D eigenvalue weighted by molar-refractivity contribution is -0.132. The summed E-state index contributed by atoms with van der Waals surface area (Å²) in [5.74, 6) is -1.78. The summed E-state index contributed by atoms with van der Waals surface area (Å²) in [6.45, 7) is 5.73. The van der Waals surface area contributed by atoms with Crippen molar-refractivity contribution in [1.29, 1.82) is 0 Å². The fourth-order valence-electron chi connectivity index (χ4n) is 4.54. The van der Waals surface area contributed by atoms with E-state index in [2.05, 4.69) is 10.2 Å². The van der Waals surface area contributed by atoms with Crippen molar-refractivity contribution in [3.05, 3.63) is 99.9 Å². The maximum atomic E-state index is 13.5. The summed E-state index contributed by atoms with van der Waals surface area (Å²) in [6, 6.07) is 15.1. The molecule has 1 aromatic heterocycles. The average molecular weight is 592 g/mol. The molecule has 3 aromatic carbocycles. The van der Waals surface area contributed by atoms with Crippen LogP contribution in [0, 0.1) is 19.7 Å². The molecule has 1 unspecified atom stereocenters. The number of nitrogens with zero attached hydrogens (tertiary/aromatic N) is 3. The molecule has 2 heterocycles. The van der Waals surface area contributed by atoms with Gasteiger partial charge in [-0.3, -0.25) is 14.5 Å². The highest BCUT2D eigenvalue weighted by atomic mass is 32.2. The Balaban J connectivity index is 1.59. The molecular weight excluding hydrogens is 565 g/mol. The van der Waals surface area contributed by atoms with E-state index in [9.17, 15) is 24.2 Å². The highest BCUT2D eigenvalue weighted by Crippen LogP contribution is 2.45. The molecule has 1 fully saturated rings. The zero-order chi connectivity index (χ0) is 29.3. The summed E-state index contributed by atoms with van der Waals surface area (Å²) in [5, 5.41) is 30.4. The number of aromatic nitrogens is 2. The van der Waals surface area contributed by atoms with E-state index in [1.165, 1.54) is 34.9 Å². The van der Waals surface area contributed by atoms with E-state index >= 15 is 0 Å². The number of halogens is 1. The van der Waals surface area contributed by atoms with Crippen molar-refractivity contribution in [1.82, 2.24) is 10.2 Å². The molecule has 41 heavy (non-hydrogen) atoms.